The van der Waals surface area contributed by atoms with E-state index in [-0.39, 0.29) is 11.4 Å². The van der Waals surface area contributed by atoms with Crippen molar-refractivity contribution in [1.82, 2.24) is 10.2 Å². The topological polar surface area (TPSA) is 51.0 Å². The maximum atomic E-state index is 6.11. The molecule has 0 fully saturated rings. The fraction of sp³-hybridized carbons (Fsp3) is 0.333. The van der Waals surface area contributed by atoms with E-state index in [1.807, 2.05) is 31.2 Å². The number of halogens is 2. The van der Waals surface area contributed by atoms with Gasteiger partial charge in [0, 0.05) is 5.02 Å². The van der Waals surface area contributed by atoms with Crippen molar-refractivity contribution in [2.75, 3.05) is 5.32 Å². The van der Waals surface area contributed by atoms with Crippen LogP contribution in [0.2, 0.25) is 5.02 Å². The molecule has 0 saturated heterocycles. The van der Waals surface area contributed by atoms with Gasteiger partial charge in [-0.2, -0.15) is 0 Å². The van der Waals surface area contributed by atoms with E-state index in [2.05, 4.69) is 15.5 Å². The number of nitrogens with zero attached hydrogens (tertiary/aromatic N) is 2. The lowest BCUT2D eigenvalue weighted by molar-refractivity contribution is 0.502. The first-order valence-corrected chi connectivity index (χ1v) is 6.38. The maximum Gasteiger partial charge on any atom is 0.315 e. The van der Waals surface area contributed by atoms with Crippen molar-refractivity contribution in [3.05, 3.63) is 40.7 Å². The summed E-state index contributed by atoms with van der Waals surface area (Å²) in [5.41, 5.74) is 0.970. The molecule has 0 aliphatic rings. The monoisotopic (exact) mass is 285 g/mol. The Morgan fingerprint density at radius 2 is 1.94 bits per heavy atom. The second-order valence-corrected chi connectivity index (χ2v) is 5.01. The number of benzene rings is 1. The normalized spacial score (nSPS) is 14.2. The molecule has 0 saturated carbocycles. The van der Waals surface area contributed by atoms with Gasteiger partial charge in [0.05, 0.1) is 6.04 Å². The van der Waals surface area contributed by atoms with Gasteiger partial charge in [0.15, 0.2) is 0 Å². The minimum atomic E-state index is -0.302. The Labute approximate surface area is 115 Å². The molecular formula is C12H13Cl2N3O. The molecule has 2 rings (SSSR count). The Morgan fingerprint density at radius 1 is 1.22 bits per heavy atom. The van der Waals surface area contributed by atoms with Crippen LogP contribution in [0.15, 0.2) is 28.7 Å². The summed E-state index contributed by atoms with van der Waals surface area (Å²) >= 11 is 12.0. The van der Waals surface area contributed by atoms with E-state index in [1.165, 1.54) is 0 Å². The second kappa shape index (κ2) is 5.59. The number of aromatic nitrogens is 2. The van der Waals surface area contributed by atoms with Crippen LogP contribution < -0.4 is 5.32 Å². The Kier molecular flexibility index (Phi) is 4.09. The van der Waals surface area contributed by atoms with Crippen molar-refractivity contribution in [2.24, 2.45) is 0 Å². The van der Waals surface area contributed by atoms with Gasteiger partial charge in [-0.05, 0) is 25.5 Å². The number of nitrogens with one attached hydrogen (secondary N) is 1. The maximum absolute atomic E-state index is 6.11. The number of alkyl halides is 1. The van der Waals surface area contributed by atoms with Crippen LogP contribution in [0, 0.1) is 0 Å². The van der Waals surface area contributed by atoms with E-state index in [1.54, 1.807) is 6.92 Å². The first-order valence-electron chi connectivity index (χ1n) is 5.56. The van der Waals surface area contributed by atoms with Crippen molar-refractivity contribution in [1.29, 1.82) is 0 Å². The minimum absolute atomic E-state index is 0.0300. The Hall–Kier alpha value is -1.26. The average Bonchev–Trinajstić information content (AvgIpc) is 2.78. The number of rotatable bonds is 4. The van der Waals surface area contributed by atoms with Crippen LogP contribution in [0.1, 0.15) is 36.7 Å². The van der Waals surface area contributed by atoms with Gasteiger partial charge in [-0.3, -0.25) is 0 Å². The second-order valence-electron chi connectivity index (χ2n) is 3.95. The first-order chi connectivity index (χ1) is 8.58. The lowest BCUT2D eigenvalue weighted by Crippen LogP contribution is -2.07. The van der Waals surface area contributed by atoms with Crippen LogP contribution in [0.4, 0.5) is 6.01 Å². The molecule has 2 unspecified atom stereocenters. The molecular weight excluding hydrogens is 273 g/mol. The third kappa shape index (κ3) is 2.94. The van der Waals surface area contributed by atoms with E-state index >= 15 is 0 Å². The van der Waals surface area contributed by atoms with Crippen LogP contribution >= 0.6 is 23.2 Å². The molecule has 0 bridgehead atoms. The van der Waals surface area contributed by atoms with Crippen LogP contribution in [0.5, 0.6) is 0 Å². The summed E-state index contributed by atoms with van der Waals surface area (Å²) in [5, 5.41) is 11.2. The quantitative estimate of drug-likeness (QED) is 0.856. The Bertz CT molecular complexity index is 528. The third-order valence-electron chi connectivity index (χ3n) is 2.49. The van der Waals surface area contributed by atoms with Crippen molar-refractivity contribution in [3.63, 3.8) is 0 Å². The van der Waals surface area contributed by atoms with Gasteiger partial charge >= 0.3 is 6.01 Å². The SMILES string of the molecule is CC(Cl)c1nnc(NC(C)c2ccccc2Cl)o1. The molecule has 4 nitrogen and oxygen atoms in total. The van der Waals surface area contributed by atoms with Crippen molar-refractivity contribution in [2.45, 2.75) is 25.3 Å². The molecule has 1 aromatic carbocycles. The number of hydrogen-bond acceptors (Lipinski definition) is 4. The number of anilines is 1. The van der Waals surface area contributed by atoms with E-state index in [4.69, 9.17) is 27.6 Å². The van der Waals surface area contributed by atoms with Gasteiger partial charge < -0.3 is 9.73 Å². The first kappa shape index (κ1) is 13.2. The van der Waals surface area contributed by atoms with Crippen molar-refractivity contribution < 1.29 is 4.42 Å². The van der Waals surface area contributed by atoms with Gasteiger partial charge in [-0.1, -0.05) is 34.9 Å². The molecule has 0 aliphatic carbocycles. The fourth-order valence-electron chi connectivity index (χ4n) is 1.54. The highest BCUT2D eigenvalue weighted by atomic mass is 35.5. The zero-order valence-electron chi connectivity index (χ0n) is 10.0. The summed E-state index contributed by atoms with van der Waals surface area (Å²) in [6.07, 6.45) is 0. The highest BCUT2D eigenvalue weighted by Gasteiger charge is 2.14. The van der Waals surface area contributed by atoms with Crippen LogP contribution in [-0.4, -0.2) is 10.2 Å². The minimum Gasteiger partial charge on any atom is -0.406 e. The van der Waals surface area contributed by atoms with Crippen LogP contribution in [-0.2, 0) is 0 Å². The molecule has 0 radical (unpaired) electrons. The molecule has 0 aliphatic heterocycles. The zero-order chi connectivity index (χ0) is 13.1. The molecule has 1 N–H and O–H groups in total. The standard InChI is InChI=1S/C12H13Cl2N3O/c1-7(13)11-16-17-12(18-11)15-8(2)9-5-3-4-6-10(9)14/h3-8H,1-2H3,(H,15,17). The fourth-order valence-corrected chi connectivity index (χ4v) is 1.93. The average molecular weight is 286 g/mol. The molecule has 0 spiro atoms. The van der Waals surface area contributed by atoms with Gasteiger partial charge in [0.2, 0.25) is 5.89 Å². The zero-order valence-corrected chi connectivity index (χ0v) is 11.5. The van der Waals surface area contributed by atoms with E-state index in [0.29, 0.717) is 16.9 Å². The summed E-state index contributed by atoms with van der Waals surface area (Å²) in [6.45, 7) is 3.74. The highest BCUT2D eigenvalue weighted by Crippen LogP contribution is 2.26. The van der Waals surface area contributed by atoms with Crippen molar-refractivity contribution >= 4 is 29.2 Å². The van der Waals surface area contributed by atoms with E-state index in [0.717, 1.165) is 5.56 Å². The van der Waals surface area contributed by atoms with E-state index < -0.39 is 0 Å². The predicted octanol–water partition coefficient (Wildman–Crippen LogP) is 4.20. The van der Waals surface area contributed by atoms with Crippen LogP contribution in [0.3, 0.4) is 0 Å². The van der Waals surface area contributed by atoms with Gasteiger partial charge in [0.1, 0.15) is 5.38 Å². The molecule has 0 amide bonds. The summed E-state index contributed by atoms with van der Waals surface area (Å²) < 4.78 is 5.37. The number of hydrogen-bond donors (Lipinski definition) is 1. The lowest BCUT2D eigenvalue weighted by Gasteiger charge is -2.13. The third-order valence-corrected chi connectivity index (χ3v) is 3.02. The largest absolute Gasteiger partial charge is 0.406 e. The highest BCUT2D eigenvalue weighted by molar-refractivity contribution is 6.31. The molecule has 6 heteroatoms. The Balaban J connectivity index is 2.11. The lowest BCUT2D eigenvalue weighted by atomic mass is 10.1. The molecule has 1 heterocycles. The van der Waals surface area contributed by atoms with Gasteiger partial charge in [-0.25, -0.2) is 0 Å². The van der Waals surface area contributed by atoms with Gasteiger partial charge in [0.25, 0.3) is 0 Å². The smallest absolute Gasteiger partial charge is 0.315 e. The van der Waals surface area contributed by atoms with Crippen molar-refractivity contribution in [3.8, 4) is 0 Å². The predicted molar refractivity (Wildman–Crippen MR) is 72.1 cm³/mol. The molecule has 1 aromatic heterocycles. The molecule has 96 valence electrons. The van der Waals surface area contributed by atoms with Gasteiger partial charge in [-0.15, -0.1) is 16.7 Å². The van der Waals surface area contributed by atoms with Crippen LogP contribution in [0.25, 0.3) is 0 Å². The summed E-state index contributed by atoms with van der Waals surface area (Å²) in [6, 6.07) is 7.91. The van der Waals surface area contributed by atoms with E-state index in [9.17, 15) is 0 Å². The molecule has 2 aromatic rings. The summed E-state index contributed by atoms with van der Waals surface area (Å²) in [7, 11) is 0. The summed E-state index contributed by atoms with van der Waals surface area (Å²) in [5.74, 6) is 0.394. The Morgan fingerprint density at radius 3 is 2.56 bits per heavy atom. The molecule has 2 atom stereocenters. The molecule has 18 heavy (non-hydrogen) atoms. The summed E-state index contributed by atoms with van der Waals surface area (Å²) in [4.78, 5) is 0.